The summed E-state index contributed by atoms with van der Waals surface area (Å²) in [7, 11) is -3.57. The van der Waals surface area contributed by atoms with Crippen LogP contribution in [0.3, 0.4) is 0 Å². The van der Waals surface area contributed by atoms with Crippen molar-refractivity contribution in [2.45, 2.75) is 44.0 Å². The third kappa shape index (κ3) is 4.56. The van der Waals surface area contributed by atoms with Gasteiger partial charge in [-0.05, 0) is 47.7 Å². The van der Waals surface area contributed by atoms with Gasteiger partial charge >= 0.3 is 0 Å². The SMILES string of the molecule is CC(NS(=O)(=O)c1ccc(Cl)cc1)c1ccc(C(C)(C)C)cc1. The summed E-state index contributed by atoms with van der Waals surface area (Å²) in [6.45, 7) is 8.28. The Labute approximate surface area is 143 Å². The molecule has 1 N–H and O–H groups in total. The van der Waals surface area contributed by atoms with Gasteiger partial charge in [-0.3, -0.25) is 0 Å². The number of hydrogen-bond acceptors (Lipinski definition) is 2. The van der Waals surface area contributed by atoms with E-state index in [2.05, 4.69) is 25.5 Å². The maximum atomic E-state index is 12.4. The summed E-state index contributed by atoms with van der Waals surface area (Å²) in [5.74, 6) is 0. The van der Waals surface area contributed by atoms with E-state index < -0.39 is 10.0 Å². The van der Waals surface area contributed by atoms with Gasteiger partial charge in [0.1, 0.15) is 0 Å². The van der Waals surface area contributed by atoms with E-state index in [0.717, 1.165) is 5.56 Å². The van der Waals surface area contributed by atoms with Crippen LogP contribution >= 0.6 is 11.6 Å². The molecule has 0 aliphatic heterocycles. The Morgan fingerprint density at radius 2 is 1.48 bits per heavy atom. The second-order valence-electron chi connectivity index (χ2n) is 6.67. The molecule has 0 fully saturated rings. The minimum Gasteiger partial charge on any atom is -0.207 e. The largest absolute Gasteiger partial charge is 0.241 e. The Kier molecular flexibility index (Phi) is 5.19. The first-order chi connectivity index (χ1) is 10.6. The quantitative estimate of drug-likeness (QED) is 0.869. The molecule has 0 aliphatic rings. The van der Waals surface area contributed by atoms with Gasteiger partial charge in [-0.15, -0.1) is 0 Å². The van der Waals surface area contributed by atoms with Crippen LogP contribution in [0.5, 0.6) is 0 Å². The third-order valence-corrected chi connectivity index (χ3v) is 5.54. The molecule has 124 valence electrons. The van der Waals surface area contributed by atoms with Gasteiger partial charge in [-0.1, -0.05) is 56.6 Å². The molecule has 0 radical (unpaired) electrons. The number of nitrogens with one attached hydrogen (secondary N) is 1. The minimum atomic E-state index is -3.57. The molecule has 2 aromatic carbocycles. The van der Waals surface area contributed by atoms with Crippen LogP contribution in [0.15, 0.2) is 53.4 Å². The van der Waals surface area contributed by atoms with Crippen molar-refractivity contribution < 1.29 is 8.42 Å². The van der Waals surface area contributed by atoms with E-state index in [9.17, 15) is 8.42 Å². The molecule has 0 heterocycles. The van der Waals surface area contributed by atoms with Crippen molar-refractivity contribution in [3.05, 3.63) is 64.7 Å². The average molecular weight is 352 g/mol. The monoisotopic (exact) mass is 351 g/mol. The summed E-state index contributed by atoms with van der Waals surface area (Å²) in [6.07, 6.45) is 0. The second-order valence-corrected chi connectivity index (χ2v) is 8.82. The molecule has 0 aromatic heterocycles. The van der Waals surface area contributed by atoms with Gasteiger partial charge in [0.15, 0.2) is 0 Å². The van der Waals surface area contributed by atoms with E-state index in [1.807, 2.05) is 31.2 Å². The maximum Gasteiger partial charge on any atom is 0.241 e. The highest BCUT2D eigenvalue weighted by Gasteiger charge is 2.19. The Bertz CT molecular complexity index is 760. The van der Waals surface area contributed by atoms with Gasteiger partial charge in [0.2, 0.25) is 10.0 Å². The highest BCUT2D eigenvalue weighted by atomic mass is 35.5. The number of sulfonamides is 1. The normalized spacial score (nSPS) is 13.8. The number of benzene rings is 2. The Hall–Kier alpha value is -1.36. The first kappa shape index (κ1) is 18.0. The lowest BCUT2D eigenvalue weighted by Gasteiger charge is -2.20. The van der Waals surface area contributed by atoms with E-state index in [0.29, 0.717) is 5.02 Å². The van der Waals surface area contributed by atoms with Gasteiger partial charge in [-0.25, -0.2) is 13.1 Å². The van der Waals surface area contributed by atoms with Crippen LogP contribution in [0, 0.1) is 0 Å². The predicted molar refractivity (Wildman–Crippen MR) is 95.3 cm³/mol. The summed E-state index contributed by atoms with van der Waals surface area (Å²) in [5, 5.41) is 0.509. The van der Waals surface area contributed by atoms with E-state index in [1.165, 1.54) is 17.7 Å². The summed E-state index contributed by atoms with van der Waals surface area (Å²) in [5.41, 5.74) is 2.22. The summed E-state index contributed by atoms with van der Waals surface area (Å²) in [6, 6.07) is 13.8. The molecule has 0 spiro atoms. The van der Waals surface area contributed by atoms with Crippen LogP contribution < -0.4 is 4.72 Å². The van der Waals surface area contributed by atoms with Gasteiger partial charge in [0.05, 0.1) is 4.90 Å². The maximum absolute atomic E-state index is 12.4. The topological polar surface area (TPSA) is 46.2 Å². The number of hydrogen-bond donors (Lipinski definition) is 1. The van der Waals surface area contributed by atoms with Crippen molar-refractivity contribution in [2.75, 3.05) is 0 Å². The first-order valence-electron chi connectivity index (χ1n) is 7.48. The smallest absolute Gasteiger partial charge is 0.207 e. The van der Waals surface area contributed by atoms with E-state index in [-0.39, 0.29) is 16.4 Å². The molecule has 2 rings (SSSR count). The Morgan fingerprint density at radius 1 is 0.957 bits per heavy atom. The lowest BCUT2D eigenvalue weighted by atomic mass is 9.86. The van der Waals surface area contributed by atoms with Crippen LogP contribution in [0.4, 0.5) is 0 Å². The van der Waals surface area contributed by atoms with E-state index >= 15 is 0 Å². The third-order valence-electron chi connectivity index (χ3n) is 3.73. The number of halogens is 1. The molecule has 5 heteroatoms. The molecular weight excluding hydrogens is 330 g/mol. The Morgan fingerprint density at radius 3 is 1.96 bits per heavy atom. The zero-order valence-corrected chi connectivity index (χ0v) is 15.4. The molecule has 1 unspecified atom stereocenters. The van der Waals surface area contributed by atoms with Crippen LogP contribution in [-0.4, -0.2) is 8.42 Å². The molecule has 0 bridgehead atoms. The minimum absolute atomic E-state index is 0.0740. The summed E-state index contributed by atoms with van der Waals surface area (Å²) >= 11 is 5.80. The van der Waals surface area contributed by atoms with Gasteiger partial charge < -0.3 is 0 Å². The fourth-order valence-electron chi connectivity index (χ4n) is 2.25. The molecule has 1 atom stereocenters. The van der Waals surface area contributed by atoms with Crippen molar-refractivity contribution in [3.8, 4) is 0 Å². The fourth-order valence-corrected chi connectivity index (χ4v) is 3.61. The van der Waals surface area contributed by atoms with Crippen LogP contribution in [-0.2, 0) is 15.4 Å². The Balaban J connectivity index is 2.18. The molecular formula is C18H22ClNO2S. The van der Waals surface area contributed by atoms with Crippen molar-refractivity contribution in [2.24, 2.45) is 0 Å². The van der Waals surface area contributed by atoms with E-state index in [1.54, 1.807) is 12.1 Å². The highest BCUT2D eigenvalue weighted by molar-refractivity contribution is 7.89. The van der Waals surface area contributed by atoms with Gasteiger partial charge in [0, 0.05) is 11.1 Å². The molecule has 0 saturated heterocycles. The molecule has 0 saturated carbocycles. The molecule has 0 amide bonds. The lowest BCUT2D eigenvalue weighted by molar-refractivity contribution is 0.566. The number of rotatable bonds is 4. The molecule has 2 aromatic rings. The fraction of sp³-hybridized carbons (Fsp3) is 0.333. The van der Waals surface area contributed by atoms with Crippen LogP contribution in [0.2, 0.25) is 5.02 Å². The van der Waals surface area contributed by atoms with Crippen molar-refractivity contribution in [3.63, 3.8) is 0 Å². The van der Waals surface area contributed by atoms with Gasteiger partial charge in [-0.2, -0.15) is 0 Å². The van der Waals surface area contributed by atoms with E-state index in [4.69, 9.17) is 11.6 Å². The predicted octanol–water partition coefficient (Wildman–Crippen LogP) is 4.68. The molecule has 3 nitrogen and oxygen atoms in total. The second kappa shape index (κ2) is 6.63. The van der Waals surface area contributed by atoms with Crippen molar-refractivity contribution in [1.82, 2.24) is 4.72 Å². The zero-order chi connectivity index (χ0) is 17.3. The lowest BCUT2D eigenvalue weighted by Crippen LogP contribution is -2.27. The zero-order valence-electron chi connectivity index (χ0n) is 13.8. The molecule has 23 heavy (non-hydrogen) atoms. The highest BCUT2D eigenvalue weighted by Crippen LogP contribution is 2.24. The van der Waals surface area contributed by atoms with Crippen LogP contribution in [0.1, 0.15) is 44.9 Å². The molecule has 0 aliphatic carbocycles. The first-order valence-corrected chi connectivity index (χ1v) is 9.34. The van der Waals surface area contributed by atoms with Crippen LogP contribution in [0.25, 0.3) is 0 Å². The average Bonchev–Trinajstić information content (AvgIpc) is 2.46. The van der Waals surface area contributed by atoms with Gasteiger partial charge in [0.25, 0.3) is 0 Å². The van der Waals surface area contributed by atoms with Crippen molar-refractivity contribution >= 4 is 21.6 Å². The summed E-state index contributed by atoms with van der Waals surface area (Å²) < 4.78 is 27.5. The van der Waals surface area contributed by atoms with Crippen molar-refractivity contribution in [1.29, 1.82) is 0 Å². The standard InChI is InChI=1S/C18H22ClNO2S/c1-13(14-5-7-15(8-6-14)18(2,3)4)20-23(21,22)17-11-9-16(19)10-12-17/h5-13,20H,1-4H3. The summed E-state index contributed by atoms with van der Waals surface area (Å²) in [4.78, 5) is 0.208.